The van der Waals surface area contributed by atoms with E-state index in [9.17, 15) is 9.59 Å². The van der Waals surface area contributed by atoms with Crippen LogP contribution in [0.2, 0.25) is 0 Å². The van der Waals surface area contributed by atoms with E-state index in [0.29, 0.717) is 16.8 Å². The Kier molecular flexibility index (Phi) is 6.15. The summed E-state index contributed by atoms with van der Waals surface area (Å²) in [4.78, 5) is 29.3. The summed E-state index contributed by atoms with van der Waals surface area (Å²) in [6.07, 6.45) is 4.83. The fraction of sp³-hybridized carbons (Fsp3) is 0.0455. The van der Waals surface area contributed by atoms with Gasteiger partial charge in [-0.25, -0.2) is 0 Å². The topological polar surface area (TPSA) is 97.1 Å². The number of carbonyl (C=O) groups is 2. The second-order valence-corrected chi connectivity index (χ2v) is 6.05. The highest BCUT2D eigenvalue weighted by Crippen LogP contribution is 2.11. The summed E-state index contributed by atoms with van der Waals surface area (Å²) in [6, 6.07) is 19.5. The normalized spacial score (nSPS) is 10.9. The number of aromatic nitrogens is 1. The number of pyridine rings is 1. The number of nitrogen functional groups attached to an aromatic ring is 1. The fourth-order valence-electron chi connectivity index (χ4n) is 2.54. The van der Waals surface area contributed by atoms with Crippen molar-refractivity contribution in [2.45, 2.75) is 6.54 Å². The maximum Gasteiger partial charge on any atom is 0.268 e. The third-order valence-corrected chi connectivity index (χ3v) is 4.02. The zero-order chi connectivity index (χ0) is 19.8. The summed E-state index contributed by atoms with van der Waals surface area (Å²) in [5.74, 6) is -0.790. The monoisotopic (exact) mass is 372 g/mol. The van der Waals surface area contributed by atoms with E-state index in [0.717, 1.165) is 5.56 Å². The summed E-state index contributed by atoms with van der Waals surface area (Å²) in [6.45, 7) is 0.247. The molecule has 0 aliphatic heterocycles. The molecule has 0 atom stereocenters. The number of para-hydroxylation sites is 1. The number of hydrogen-bond donors (Lipinski definition) is 3. The van der Waals surface area contributed by atoms with Crippen LogP contribution >= 0.6 is 0 Å². The zero-order valence-electron chi connectivity index (χ0n) is 15.1. The summed E-state index contributed by atoms with van der Waals surface area (Å²) >= 11 is 0. The molecule has 0 saturated heterocycles. The first-order valence-corrected chi connectivity index (χ1v) is 8.73. The molecule has 3 rings (SSSR count). The Morgan fingerprint density at radius 3 is 2.43 bits per heavy atom. The molecule has 4 N–H and O–H groups in total. The Balaban J connectivity index is 1.79. The predicted molar refractivity (Wildman–Crippen MR) is 109 cm³/mol. The zero-order valence-corrected chi connectivity index (χ0v) is 15.1. The standard InChI is InChI=1S/C22H20N4O2/c23-19-11-5-4-10-18(19)15-25-22(28)20(13-16-7-6-12-24-14-16)26-21(27)17-8-2-1-3-9-17/h1-14H,15,23H2,(H,25,28)(H,26,27). The third kappa shape index (κ3) is 5.04. The van der Waals surface area contributed by atoms with Crippen LogP contribution in [0.3, 0.4) is 0 Å². The minimum atomic E-state index is -0.420. The van der Waals surface area contributed by atoms with Gasteiger partial charge in [0.25, 0.3) is 11.8 Å². The molecular formula is C22H20N4O2. The molecule has 0 saturated carbocycles. The number of nitrogens with two attached hydrogens (primary N) is 1. The number of anilines is 1. The van der Waals surface area contributed by atoms with Crippen LogP contribution in [-0.2, 0) is 11.3 Å². The van der Waals surface area contributed by atoms with Gasteiger partial charge in [0.05, 0.1) is 0 Å². The minimum absolute atomic E-state index is 0.122. The van der Waals surface area contributed by atoms with Gasteiger partial charge in [0.15, 0.2) is 0 Å². The fourth-order valence-corrected chi connectivity index (χ4v) is 2.54. The van der Waals surface area contributed by atoms with Crippen molar-refractivity contribution >= 4 is 23.6 Å². The maximum absolute atomic E-state index is 12.7. The van der Waals surface area contributed by atoms with Crippen LogP contribution in [-0.4, -0.2) is 16.8 Å². The van der Waals surface area contributed by atoms with Crippen LogP contribution in [0.5, 0.6) is 0 Å². The van der Waals surface area contributed by atoms with Crippen molar-refractivity contribution in [3.8, 4) is 0 Å². The van der Waals surface area contributed by atoms with Gasteiger partial charge in [0.1, 0.15) is 5.70 Å². The van der Waals surface area contributed by atoms with E-state index >= 15 is 0 Å². The van der Waals surface area contributed by atoms with Crippen LogP contribution in [0.1, 0.15) is 21.5 Å². The lowest BCUT2D eigenvalue weighted by Crippen LogP contribution is -2.34. The molecule has 0 spiro atoms. The lowest BCUT2D eigenvalue weighted by Gasteiger charge is -2.12. The van der Waals surface area contributed by atoms with Crippen LogP contribution in [0.25, 0.3) is 6.08 Å². The molecule has 1 aromatic heterocycles. The lowest BCUT2D eigenvalue weighted by molar-refractivity contribution is -0.117. The van der Waals surface area contributed by atoms with Gasteiger partial charge < -0.3 is 16.4 Å². The van der Waals surface area contributed by atoms with Gasteiger partial charge in [0, 0.05) is 30.2 Å². The summed E-state index contributed by atoms with van der Waals surface area (Å²) in [5.41, 5.74) is 8.58. The van der Waals surface area contributed by atoms with Crippen molar-refractivity contribution in [1.82, 2.24) is 15.6 Å². The Morgan fingerprint density at radius 2 is 1.71 bits per heavy atom. The number of rotatable bonds is 6. The first-order chi connectivity index (χ1) is 13.6. The first kappa shape index (κ1) is 18.8. The average molecular weight is 372 g/mol. The molecular weight excluding hydrogens is 352 g/mol. The Hall–Kier alpha value is -3.93. The molecule has 0 bridgehead atoms. The SMILES string of the molecule is Nc1ccccc1CNC(=O)C(=Cc1cccnc1)NC(=O)c1ccccc1. The molecule has 6 heteroatoms. The number of benzene rings is 2. The molecule has 6 nitrogen and oxygen atoms in total. The van der Waals surface area contributed by atoms with Gasteiger partial charge in [-0.1, -0.05) is 42.5 Å². The molecule has 0 fully saturated rings. The van der Waals surface area contributed by atoms with Gasteiger partial charge in [0.2, 0.25) is 0 Å². The summed E-state index contributed by atoms with van der Waals surface area (Å²) in [7, 11) is 0. The number of hydrogen-bond acceptors (Lipinski definition) is 4. The maximum atomic E-state index is 12.7. The van der Waals surface area contributed by atoms with Crippen molar-refractivity contribution in [3.05, 3.63) is 102 Å². The number of carbonyl (C=O) groups excluding carboxylic acids is 2. The van der Waals surface area contributed by atoms with Crippen LogP contribution < -0.4 is 16.4 Å². The van der Waals surface area contributed by atoms with E-state index < -0.39 is 5.91 Å². The van der Waals surface area contributed by atoms with Crippen molar-refractivity contribution in [2.24, 2.45) is 0 Å². The molecule has 1 heterocycles. The molecule has 0 aliphatic carbocycles. The highest BCUT2D eigenvalue weighted by molar-refractivity contribution is 6.05. The highest BCUT2D eigenvalue weighted by Gasteiger charge is 2.15. The molecule has 2 amide bonds. The van der Waals surface area contributed by atoms with Gasteiger partial charge in [-0.3, -0.25) is 14.6 Å². The Morgan fingerprint density at radius 1 is 0.964 bits per heavy atom. The van der Waals surface area contributed by atoms with Gasteiger partial charge in [-0.05, 0) is 41.5 Å². The Labute approximate surface area is 163 Å². The number of nitrogens with zero attached hydrogens (tertiary/aromatic N) is 1. The van der Waals surface area contributed by atoms with Gasteiger partial charge >= 0.3 is 0 Å². The minimum Gasteiger partial charge on any atom is -0.398 e. The molecule has 0 unspecified atom stereocenters. The third-order valence-electron chi connectivity index (χ3n) is 4.02. The van der Waals surface area contributed by atoms with Crippen molar-refractivity contribution < 1.29 is 9.59 Å². The van der Waals surface area contributed by atoms with Gasteiger partial charge in [-0.2, -0.15) is 0 Å². The largest absolute Gasteiger partial charge is 0.398 e. The number of nitrogens with one attached hydrogen (secondary N) is 2. The highest BCUT2D eigenvalue weighted by atomic mass is 16.2. The van der Waals surface area contributed by atoms with Crippen LogP contribution in [0.4, 0.5) is 5.69 Å². The predicted octanol–water partition coefficient (Wildman–Crippen LogP) is 2.75. The number of amides is 2. The molecule has 0 radical (unpaired) electrons. The van der Waals surface area contributed by atoms with Crippen molar-refractivity contribution in [2.75, 3.05) is 5.73 Å². The summed E-state index contributed by atoms with van der Waals surface area (Å²) < 4.78 is 0. The smallest absolute Gasteiger partial charge is 0.268 e. The van der Waals surface area contributed by atoms with Crippen molar-refractivity contribution in [3.63, 3.8) is 0 Å². The molecule has 0 aliphatic rings. The molecule has 28 heavy (non-hydrogen) atoms. The summed E-state index contributed by atoms with van der Waals surface area (Å²) in [5, 5.41) is 5.48. The first-order valence-electron chi connectivity index (χ1n) is 8.73. The van der Waals surface area contributed by atoms with E-state index in [4.69, 9.17) is 5.73 Å². The molecule has 2 aromatic carbocycles. The lowest BCUT2D eigenvalue weighted by atomic mass is 10.1. The quantitative estimate of drug-likeness (QED) is 0.458. The second-order valence-electron chi connectivity index (χ2n) is 6.05. The van der Waals surface area contributed by atoms with E-state index in [1.807, 2.05) is 24.3 Å². The van der Waals surface area contributed by atoms with Crippen LogP contribution in [0, 0.1) is 0 Å². The van der Waals surface area contributed by atoms with Crippen molar-refractivity contribution in [1.29, 1.82) is 0 Å². The molecule has 3 aromatic rings. The molecule has 140 valence electrons. The van der Waals surface area contributed by atoms with Crippen LogP contribution in [0.15, 0.2) is 84.8 Å². The second kappa shape index (κ2) is 9.14. The van der Waals surface area contributed by atoms with E-state index in [1.54, 1.807) is 60.9 Å². The Bertz CT molecular complexity index is 986. The van der Waals surface area contributed by atoms with E-state index in [1.165, 1.54) is 0 Å². The van der Waals surface area contributed by atoms with Gasteiger partial charge in [-0.15, -0.1) is 0 Å². The average Bonchev–Trinajstić information content (AvgIpc) is 2.74. The van der Waals surface area contributed by atoms with E-state index in [-0.39, 0.29) is 18.1 Å². The van der Waals surface area contributed by atoms with E-state index in [2.05, 4.69) is 15.6 Å².